The van der Waals surface area contributed by atoms with Crippen molar-refractivity contribution in [1.82, 2.24) is 10.3 Å². The van der Waals surface area contributed by atoms with Crippen LogP contribution in [0.1, 0.15) is 16.1 Å². The number of fused-ring (bicyclic) bond motifs is 1. The van der Waals surface area contributed by atoms with Crippen LogP contribution in [0.5, 0.6) is 0 Å². The van der Waals surface area contributed by atoms with Crippen LogP contribution in [0.3, 0.4) is 0 Å². The van der Waals surface area contributed by atoms with Gasteiger partial charge in [0.15, 0.2) is 5.92 Å². The van der Waals surface area contributed by atoms with Gasteiger partial charge in [-0.25, -0.2) is 4.98 Å². The number of carbonyl (C=O) groups excluding carboxylic acids is 2. The van der Waals surface area contributed by atoms with E-state index in [2.05, 4.69) is 34.4 Å². The van der Waals surface area contributed by atoms with Gasteiger partial charge in [0.2, 0.25) is 11.7 Å². The fraction of sp³-hybridized carbons (Fsp3) is 0.294. The van der Waals surface area contributed by atoms with E-state index in [-0.39, 0.29) is 5.69 Å². The lowest BCUT2D eigenvalue weighted by molar-refractivity contribution is -0.121. The second kappa shape index (κ2) is 6.42. The molecule has 0 spiro atoms. The molecule has 1 aliphatic rings. The summed E-state index contributed by atoms with van der Waals surface area (Å²) >= 11 is 1.34. The molecule has 1 aromatic carbocycles. The molecule has 0 radical (unpaired) electrons. The number of thiazole rings is 1. The number of rotatable bonds is 4. The van der Waals surface area contributed by atoms with Gasteiger partial charge in [-0.1, -0.05) is 0 Å². The number of nitriles is 1. The highest BCUT2D eigenvalue weighted by Gasteiger charge is 2.28. The minimum Gasteiger partial charge on any atom is -0.374 e. The molecule has 0 saturated carbocycles. The summed E-state index contributed by atoms with van der Waals surface area (Å²) in [5.74, 6) is -2.54. The van der Waals surface area contributed by atoms with Gasteiger partial charge in [-0.3, -0.25) is 9.59 Å². The summed E-state index contributed by atoms with van der Waals surface area (Å²) in [6.45, 7) is 0.996. The largest absolute Gasteiger partial charge is 0.374 e. The summed E-state index contributed by atoms with van der Waals surface area (Å²) in [4.78, 5) is 30.5. The summed E-state index contributed by atoms with van der Waals surface area (Å²) in [6, 6.07) is 7.87. The maximum atomic E-state index is 12.3. The third kappa shape index (κ3) is 2.76. The first-order valence-corrected chi connectivity index (χ1v) is 8.38. The molecular formula is C17H16N4O2S. The molecule has 1 aliphatic heterocycles. The Morgan fingerprint density at radius 3 is 2.96 bits per heavy atom. The second-order valence-electron chi connectivity index (χ2n) is 5.59. The Kier molecular flexibility index (Phi) is 4.32. The van der Waals surface area contributed by atoms with Crippen molar-refractivity contribution < 1.29 is 9.59 Å². The van der Waals surface area contributed by atoms with E-state index >= 15 is 0 Å². The van der Waals surface area contributed by atoms with Crippen LogP contribution in [-0.2, 0) is 11.2 Å². The van der Waals surface area contributed by atoms with Gasteiger partial charge in [0.05, 0.1) is 6.07 Å². The molecule has 0 fully saturated rings. The van der Waals surface area contributed by atoms with Crippen LogP contribution >= 0.6 is 11.3 Å². The molecule has 1 amide bonds. The van der Waals surface area contributed by atoms with Crippen LogP contribution in [0.15, 0.2) is 23.6 Å². The summed E-state index contributed by atoms with van der Waals surface area (Å²) in [7, 11) is 3.46. The molecule has 122 valence electrons. The maximum Gasteiger partial charge on any atom is 0.245 e. The number of Topliss-reactive ketones (excluding diaryl/α,β-unsaturated/α-hetero) is 1. The molecule has 1 unspecified atom stereocenters. The quantitative estimate of drug-likeness (QED) is 0.678. The molecule has 6 nitrogen and oxygen atoms in total. The first-order chi connectivity index (χ1) is 11.5. The maximum absolute atomic E-state index is 12.3. The number of hydrogen-bond donors (Lipinski definition) is 1. The average Bonchev–Trinajstić information content (AvgIpc) is 3.22. The number of amides is 1. The lowest BCUT2D eigenvalue weighted by Crippen LogP contribution is -2.32. The molecule has 7 heteroatoms. The molecule has 0 bridgehead atoms. The smallest absolute Gasteiger partial charge is 0.245 e. The third-order valence-corrected chi connectivity index (χ3v) is 5.00. The number of nitrogens with one attached hydrogen (secondary N) is 1. The lowest BCUT2D eigenvalue weighted by atomic mass is 10.0. The zero-order chi connectivity index (χ0) is 17.3. The van der Waals surface area contributed by atoms with Crippen molar-refractivity contribution >= 4 is 28.7 Å². The fourth-order valence-corrected chi connectivity index (χ4v) is 3.55. The molecule has 24 heavy (non-hydrogen) atoms. The first kappa shape index (κ1) is 16.1. The Hall–Kier alpha value is -2.72. The van der Waals surface area contributed by atoms with Gasteiger partial charge in [0.1, 0.15) is 10.7 Å². The molecule has 1 atom stereocenters. The Bertz CT molecular complexity index is 853. The van der Waals surface area contributed by atoms with Crippen molar-refractivity contribution in [3.8, 4) is 16.6 Å². The normalized spacial score (nSPS) is 14.0. The average molecular weight is 340 g/mol. The number of nitrogens with zero attached hydrogens (tertiary/aromatic N) is 3. The van der Waals surface area contributed by atoms with E-state index in [9.17, 15) is 9.59 Å². The van der Waals surface area contributed by atoms with Gasteiger partial charge in [0, 0.05) is 37.3 Å². The van der Waals surface area contributed by atoms with E-state index in [0.717, 1.165) is 18.5 Å². The van der Waals surface area contributed by atoms with Gasteiger partial charge >= 0.3 is 0 Å². The topological polar surface area (TPSA) is 86.1 Å². The van der Waals surface area contributed by atoms with Crippen LogP contribution in [0.4, 0.5) is 5.69 Å². The van der Waals surface area contributed by atoms with E-state index in [1.54, 1.807) is 11.4 Å². The van der Waals surface area contributed by atoms with Crippen LogP contribution in [0.25, 0.3) is 10.6 Å². The standard InChI is InChI=1S/C17H16N4O2S/c1-19-16(23)12(8-18)15(22)13-9-24-17(20-13)11-3-4-14-10(7-11)5-6-21(14)2/h3-4,7,9,12H,5-6H2,1-2H3,(H,19,23). The zero-order valence-electron chi connectivity index (χ0n) is 13.4. The molecular weight excluding hydrogens is 324 g/mol. The summed E-state index contributed by atoms with van der Waals surface area (Å²) < 4.78 is 0. The Morgan fingerprint density at radius 2 is 2.25 bits per heavy atom. The number of carbonyl (C=O) groups is 2. The van der Waals surface area contributed by atoms with Crippen molar-refractivity contribution in [2.75, 3.05) is 25.5 Å². The van der Waals surface area contributed by atoms with E-state index in [1.807, 2.05) is 6.07 Å². The number of anilines is 1. The minimum atomic E-state index is -1.36. The van der Waals surface area contributed by atoms with Crippen molar-refractivity contribution in [1.29, 1.82) is 5.26 Å². The second-order valence-corrected chi connectivity index (χ2v) is 6.45. The van der Waals surface area contributed by atoms with Crippen molar-refractivity contribution in [2.45, 2.75) is 6.42 Å². The predicted molar refractivity (Wildman–Crippen MR) is 92.0 cm³/mol. The molecule has 0 saturated heterocycles. The number of benzene rings is 1. The van der Waals surface area contributed by atoms with Gasteiger partial charge in [0.25, 0.3) is 0 Å². The van der Waals surface area contributed by atoms with Crippen LogP contribution < -0.4 is 10.2 Å². The zero-order valence-corrected chi connectivity index (χ0v) is 14.2. The van der Waals surface area contributed by atoms with Crippen LogP contribution in [0, 0.1) is 17.2 Å². The molecule has 2 aromatic rings. The van der Waals surface area contributed by atoms with Gasteiger partial charge in [-0.2, -0.15) is 5.26 Å². The van der Waals surface area contributed by atoms with Crippen molar-refractivity contribution in [3.05, 3.63) is 34.8 Å². The molecule has 0 aliphatic carbocycles. The lowest BCUT2D eigenvalue weighted by Gasteiger charge is -2.11. The number of likely N-dealkylation sites (N-methyl/N-ethyl adjacent to an activating group) is 1. The minimum absolute atomic E-state index is 0.155. The highest BCUT2D eigenvalue weighted by Crippen LogP contribution is 2.32. The van der Waals surface area contributed by atoms with E-state index in [1.165, 1.54) is 29.6 Å². The highest BCUT2D eigenvalue weighted by molar-refractivity contribution is 7.13. The molecule has 3 rings (SSSR count). The monoisotopic (exact) mass is 340 g/mol. The number of aromatic nitrogens is 1. The molecule has 1 aromatic heterocycles. The van der Waals surface area contributed by atoms with Crippen LogP contribution in [0.2, 0.25) is 0 Å². The number of ketones is 1. The van der Waals surface area contributed by atoms with Crippen molar-refractivity contribution in [3.63, 3.8) is 0 Å². The predicted octanol–water partition coefficient (Wildman–Crippen LogP) is 1.87. The van der Waals surface area contributed by atoms with Gasteiger partial charge < -0.3 is 10.2 Å². The van der Waals surface area contributed by atoms with E-state index < -0.39 is 17.6 Å². The van der Waals surface area contributed by atoms with Crippen molar-refractivity contribution in [2.24, 2.45) is 5.92 Å². The molecule has 1 N–H and O–H groups in total. The van der Waals surface area contributed by atoms with E-state index in [0.29, 0.717) is 5.01 Å². The van der Waals surface area contributed by atoms with Gasteiger partial charge in [-0.05, 0) is 30.2 Å². The Labute approximate surface area is 143 Å². The third-order valence-electron chi connectivity index (χ3n) is 4.11. The number of hydrogen-bond acceptors (Lipinski definition) is 6. The fourth-order valence-electron chi connectivity index (χ4n) is 2.75. The Morgan fingerprint density at radius 1 is 1.46 bits per heavy atom. The molecule has 2 heterocycles. The summed E-state index contributed by atoms with van der Waals surface area (Å²) in [6.07, 6.45) is 0.990. The summed E-state index contributed by atoms with van der Waals surface area (Å²) in [5.41, 5.74) is 3.58. The summed E-state index contributed by atoms with van der Waals surface area (Å²) in [5, 5.41) is 13.7. The first-order valence-electron chi connectivity index (χ1n) is 7.50. The SMILES string of the molecule is CNC(=O)C(C#N)C(=O)c1csc(-c2ccc3c(c2)CCN3C)n1. The van der Waals surface area contributed by atoms with E-state index in [4.69, 9.17) is 5.26 Å². The van der Waals surface area contributed by atoms with Crippen LogP contribution in [-0.4, -0.2) is 37.3 Å². The highest BCUT2D eigenvalue weighted by atomic mass is 32.1. The van der Waals surface area contributed by atoms with Gasteiger partial charge in [-0.15, -0.1) is 11.3 Å². The Balaban J connectivity index is 1.87.